The SMILES string of the molecule is O=C(CC1(CS)CC1)N1CCCC1. The first-order chi connectivity index (χ1) is 6.26. The summed E-state index contributed by atoms with van der Waals surface area (Å²) in [6, 6.07) is 0. The van der Waals surface area contributed by atoms with Gasteiger partial charge in [-0.05, 0) is 36.9 Å². The van der Waals surface area contributed by atoms with E-state index in [1.165, 1.54) is 25.7 Å². The normalized spacial score (nSPS) is 24.8. The Morgan fingerprint density at radius 1 is 1.31 bits per heavy atom. The van der Waals surface area contributed by atoms with Crippen LogP contribution in [0.2, 0.25) is 0 Å². The summed E-state index contributed by atoms with van der Waals surface area (Å²) in [7, 11) is 0. The Bertz CT molecular complexity index is 207. The fourth-order valence-corrected chi connectivity index (χ4v) is 2.39. The van der Waals surface area contributed by atoms with E-state index in [1.54, 1.807) is 0 Å². The smallest absolute Gasteiger partial charge is 0.223 e. The van der Waals surface area contributed by atoms with Gasteiger partial charge in [-0.1, -0.05) is 0 Å². The highest BCUT2D eigenvalue weighted by Crippen LogP contribution is 2.49. The molecule has 0 spiro atoms. The van der Waals surface area contributed by atoms with E-state index in [9.17, 15) is 4.79 Å². The van der Waals surface area contributed by atoms with Crippen molar-refractivity contribution in [3.63, 3.8) is 0 Å². The van der Waals surface area contributed by atoms with Crippen molar-refractivity contribution >= 4 is 18.5 Å². The molecule has 1 amide bonds. The number of amides is 1. The summed E-state index contributed by atoms with van der Waals surface area (Å²) in [6.45, 7) is 1.98. The first-order valence-electron chi connectivity index (χ1n) is 5.14. The molecule has 74 valence electrons. The van der Waals surface area contributed by atoms with Crippen molar-refractivity contribution in [2.45, 2.75) is 32.1 Å². The summed E-state index contributed by atoms with van der Waals surface area (Å²) in [5.74, 6) is 1.25. The molecular weight excluding hydrogens is 182 g/mol. The zero-order valence-corrected chi connectivity index (χ0v) is 8.85. The number of nitrogens with zero attached hydrogens (tertiary/aromatic N) is 1. The summed E-state index contributed by atoms with van der Waals surface area (Å²) in [5, 5.41) is 0. The van der Waals surface area contributed by atoms with Crippen molar-refractivity contribution < 1.29 is 4.79 Å². The van der Waals surface area contributed by atoms with E-state index in [0.717, 1.165) is 25.3 Å². The van der Waals surface area contributed by atoms with Crippen molar-refractivity contribution in [2.75, 3.05) is 18.8 Å². The van der Waals surface area contributed by atoms with Gasteiger partial charge in [0, 0.05) is 19.5 Å². The average molecular weight is 199 g/mol. The predicted molar refractivity (Wildman–Crippen MR) is 56.0 cm³/mol. The maximum atomic E-state index is 11.8. The van der Waals surface area contributed by atoms with Gasteiger partial charge in [-0.15, -0.1) is 0 Å². The number of rotatable bonds is 3. The molecule has 0 unspecified atom stereocenters. The minimum absolute atomic E-state index is 0.294. The first kappa shape index (κ1) is 9.38. The van der Waals surface area contributed by atoms with Gasteiger partial charge < -0.3 is 4.90 Å². The fourth-order valence-electron chi connectivity index (χ4n) is 1.97. The van der Waals surface area contributed by atoms with Crippen LogP contribution >= 0.6 is 12.6 Å². The summed E-state index contributed by atoms with van der Waals surface area (Å²) in [5.41, 5.74) is 0.294. The van der Waals surface area contributed by atoms with Crippen LogP contribution in [0.15, 0.2) is 0 Å². The van der Waals surface area contributed by atoms with Crippen molar-refractivity contribution in [3.05, 3.63) is 0 Å². The minimum Gasteiger partial charge on any atom is -0.343 e. The molecule has 0 aromatic heterocycles. The summed E-state index contributed by atoms with van der Waals surface area (Å²) in [6.07, 6.45) is 5.54. The van der Waals surface area contributed by atoms with Gasteiger partial charge in [0.05, 0.1) is 0 Å². The van der Waals surface area contributed by atoms with Crippen molar-refractivity contribution in [1.82, 2.24) is 4.90 Å². The number of hydrogen-bond donors (Lipinski definition) is 1. The van der Waals surface area contributed by atoms with Crippen LogP contribution < -0.4 is 0 Å². The molecular formula is C10H17NOS. The van der Waals surface area contributed by atoms with Crippen LogP contribution in [0.25, 0.3) is 0 Å². The van der Waals surface area contributed by atoms with Gasteiger partial charge in [-0.25, -0.2) is 0 Å². The third-order valence-corrected chi connectivity index (χ3v) is 3.95. The molecule has 1 heterocycles. The lowest BCUT2D eigenvalue weighted by atomic mass is 10.0. The molecule has 2 fully saturated rings. The molecule has 1 aliphatic carbocycles. The second kappa shape index (κ2) is 3.52. The van der Waals surface area contributed by atoms with Crippen LogP contribution in [0.4, 0.5) is 0 Å². The molecule has 1 saturated carbocycles. The molecule has 1 aliphatic heterocycles. The lowest BCUT2D eigenvalue weighted by Crippen LogP contribution is -2.30. The molecule has 2 rings (SSSR count). The second-order valence-corrected chi connectivity index (χ2v) is 4.74. The van der Waals surface area contributed by atoms with Crippen LogP contribution in [-0.4, -0.2) is 29.6 Å². The van der Waals surface area contributed by atoms with Gasteiger partial charge in [0.15, 0.2) is 0 Å². The highest BCUT2D eigenvalue weighted by atomic mass is 32.1. The van der Waals surface area contributed by atoms with Crippen molar-refractivity contribution in [1.29, 1.82) is 0 Å². The average Bonchev–Trinajstić information content (AvgIpc) is 2.69. The van der Waals surface area contributed by atoms with E-state index in [2.05, 4.69) is 12.6 Å². The van der Waals surface area contributed by atoms with Gasteiger partial charge in [0.1, 0.15) is 0 Å². The maximum absolute atomic E-state index is 11.8. The Morgan fingerprint density at radius 2 is 1.92 bits per heavy atom. The van der Waals surface area contributed by atoms with E-state index < -0.39 is 0 Å². The number of thiol groups is 1. The molecule has 0 aromatic rings. The maximum Gasteiger partial charge on any atom is 0.223 e. The van der Waals surface area contributed by atoms with Gasteiger partial charge in [0.2, 0.25) is 5.91 Å². The van der Waals surface area contributed by atoms with Crippen LogP contribution in [0.5, 0.6) is 0 Å². The van der Waals surface area contributed by atoms with Crippen LogP contribution in [0.1, 0.15) is 32.1 Å². The highest BCUT2D eigenvalue weighted by Gasteiger charge is 2.43. The van der Waals surface area contributed by atoms with E-state index in [4.69, 9.17) is 0 Å². The van der Waals surface area contributed by atoms with Gasteiger partial charge in [-0.2, -0.15) is 12.6 Å². The summed E-state index contributed by atoms with van der Waals surface area (Å²) in [4.78, 5) is 13.8. The number of carbonyl (C=O) groups is 1. The van der Waals surface area contributed by atoms with E-state index in [1.807, 2.05) is 4.90 Å². The van der Waals surface area contributed by atoms with Crippen LogP contribution in [0.3, 0.4) is 0 Å². The molecule has 2 aliphatic rings. The lowest BCUT2D eigenvalue weighted by molar-refractivity contribution is -0.131. The Balaban J connectivity index is 1.84. The Hall–Kier alpha value is -0.180. The third-order valence-electron chi connectivity index (χ3n) is 3.28. The molecule has 2 nitrogen and oxygen atoms in total. The summed E-state index contributed by atoms with van der Waals surface area (Å²) < 4.78 is 0. The van der Waals surface area contributed by atoms with Crippen LogP contribution in [-0.2, 0) is 4.79 Å². The molecule has 3 heteroatoms. The van der Waals surface area contributed by atoms with Gasteiger partial charge in [-0.3, -0.25) is 4.79 Å². The van der Waals surface area contributed by atoms with Crippen molar-refractivity contribution in [2.24, 2.45) is 5.41 Å². The number of carbonyl (C=O) groups excluding carboxylic acids is 1. The quantitative estimate of drug-likeness (QED) is 0.686. The Labute approximate surface area is 85.1 Å². The summed E-state index contributed by atoms with van der Waals surface area (Å²) >= 11 is 4.31. The van der Waals surface area contributed by atoms with Crippen LogP contribution in [0, 0.1) is 5.41 Å². The molecule has 1 saturated heterocycles. The standard InChI is InChI=1S/C10H17NOS/c12-9(11-5-1-2-6-11)7-10(8-13)3-4-10/h13H,1-8H2. The largest absolute Gasteiger partial charge is 0.343 e. The third kappa shape index (κ3) is 2.01. The number of likely N-dealkylation sites (tertiary alicyclic amines) is 1. The van der Waals surface area contributed by atoms with Gasteiger partial charge in [0.25, 0.3) is 0 Å². The second-order valence-electron chi connectivity index (χ2n) is 4.42. The molecule has 0 N–H and O–H groups in total. The van der Waals surface area contributed by atoms with Gasteiger partial charge >= 0.3 is 0 Å². The van der Waals surface area contributed by atoms with E-state index in [0.29, 0.717) is 11.3 Å². The predicted octanol–water partition coefficient (Wildman–Crippen LogP) is 1.71. The highest BCUT2D eigenvalue weighted by molar-refractivity contribution is 7.80. The topological polar surface area (TPSA) is 20.3 Å². The van der Waals surface area contributed by atoms with Crippen molar-refractivity contribution in [3.8, 4) is 0 Å². The molecule has 0 atom stereocenters. The molecule has 0 bridgehead atoms. The fraction of sp³-hybridized carbons (Fsp3) is 0.900. The molecule has 0 aromatic carbocycles. The van der Waals surface area contributed by atoms with E-state index in [-0.39, 0.29) is 0 Å². The Morgan fingerprint density at radius 3 is 2.38 bits per heavy atom. The minimum atomic E-state index is 0.294. The monoisotopic (exact) mass is 199 g/mol. The molecule has 0 radical (unpaired) electrons. The molecule has 13 heavy (non-hydrogen) atoms. The zero-order chi connectivity index (χ0) is 9.31. The zero-order valence-electron chi connectivity index (χ0n) is 7.96. The first-order valence-corrected chi connectivity index (χ1v) is 5.78. The Kier molecular flexibility index (Phi) is 2.54. The van der Waals surface area contributed by atoms with E-state index >= 15 is 0 Å². The number of hydrogen-bond acceptors (Lipinski definition) is 2. The lowest BCUT2D eigenvalue weighted by Gasteiger charge is -2.18.